The summed E-state index contributed by atoms with van der Waals surface area (Å²) in [6, 6.07) is 5.41. The van der Waals surface area contributed by atoms with E-state index in [0.29, 0.717) is 11.8 Å². The predicted octanol–water partition coefficient (Wildman–Crippen LogP) is 2.64. The van der Waals surface area contributed by atoms with Crippen molar-refractivity contribution in [2.75, 3.05) is 33.3 Å². The van der Waals surface area contributed by atoms with Crippen molar-refractivity contribution in [3.63, 3.8) is 0 Å². The standard InChI is InChI=1S/C13H19FN2O.2ClH/c1-10(16-7-5-15-6-8-16)11-3-4-12(14)13(9-11)17-2;;/h3-4,9-10,15H,5-8H2,1-2H3;2*1H/t10-;;/m1../s1. The fourth-order valence-corrected chi connectivity index (χ4v) is 2.22. The highest BCUT2D eigenvalue weighted by atomic mass is 35.5. The van der Waals surface area contributed by atoms with Gasteiger partial charge in [0.15, 0.2) is 11.6 Å². The highest BCUT2D eigenvalue weighted by Crippen LogP contribution is 2.26. The molecule has 1 aliphatic heterocycles. The number of nitrogens with zero attached hydrogens (tertiary/aromatic N) is 1. The van der Waals surface area contributed by atoms with E-state index in [1.54, 1.807) is 6.07 Å². The van der Waals surface area contributed by atoms with Gasteiger partial charge < -0.3 is 10.1 Å². The van der Waals surface area contributed by atoms with Crippen molar-refractivity contribution in [3.8, 4) is 5.75 Å². The summed E-state index contributed by atoms with van der Waals surface area (Å²) in [5, 5.41) is 3.33. The Bertz CT molecular complexity index is 387. The third kappa shape index (κ3) is 4.49. The number of methoxy groups -OCH3 is 1. The summed E-state index contributed by atoms with van der Waals surface area (Å²) in [7, 11) is 1.50. The first-order valence-electron chi connectivity index (χ1n) is 6.00. The molecule has 1 saturated heterocycles. The molecular formula is C13H21Cl2FN2O. The number of hydrogen-bond donors (Lipinski definition) is 1. The normalized spacial score (nSPS) is 17.0. The molecule has 0 saturated carbocycles. The van der Waals surface area contributed by atoms with E-state index >= 15 is 0 Å². The van der Waals surface area contributed by atoms with Crippen LogP contribution >= 0.6 is 24.8 Å². The van der Waals surface area contributed by atoms with Gasteiger partial charge in [0.25, 0.3) is 0 Å². The maximum atomic E-state index is 13.3. The van der Waals surface area contributed by atoms with E-state index in [9.17, 15) is 4.39 Å². The Balaban J connectivity index is 0.00000162. The van der Waals surface area contributed by atoms with Gasteiger partial charge in [-0.1, -0.05) is 6.07 Å². The van der Waals surface area contributed by atoms with E-state index < -0.39 is 0 Å². The van der Waals surface area contributed by atoms with Crippen LogP contribution in [0.25, 0.3) is 0 Å². The molecule has 0 unspecified atom stereocenters. The fraction of sp³-hybridized carbons (Fsp3) is 0.538. The van der Waals surface area contributed by atoms with Gasteiger partial charge >= 0.3 is 0 Å². The molecule has 0 bridgehead atoms. The van der Waals surface area contributed by atoms with Crippen molar-refractivity contribution in [1.29, 1.82) is 0 Å². The lowest BCUT2D eigenvalue weighted by atomic mass is 10.1. The third-order valence-electron chi connectivity index (χ3n) is 3.36. The van der Waals surface area contributed by atoms with Crippen LogP contribution < -0.4 is 10.1 Å². The summed E-state index contributed by atoms with van der Waals surface area (Å²) < 4.78 is 18.3. The van der Waals surface area contributed by atoms with Crippen LogP contribution in [-0.2, 0) is 0 Å². The topological polar surface area (TPSA) is 24.5 Å². The van der Waals surface area contributed by atoms with Gasteiger partial charge in [0.1, 0.15) is 0 Å². The van der Waals surface area contributed by atoms with Crippen LogP contribution in [0.4, 0.5) is 4.39 Å². The van der Waals surface area contributed by atoms with Gasteiger partial charge in [0, 0.05) is 32.2 Å². The van der Waals surface area contributed by atoms with Gasteiger partial charge in [-0.05, 0) is 24.6 Å². The van der Waals surface area contributed by atoms with E-state index in [0.717, 1.165) is 31.7 Å². The van der Waals surface area contributed by atoms with Crippen molar-refractivity contribution in [2.24, 2.45) is 0 Å². The van der Waals surface area contributed by atoms with Gasteiger partial charge in [-0.25, -0.2) is 4.39 Å². The Hall–Kier alpha value is -0.550. The Morgan fingerprint density at radius 3 is 2.47 bits per heavy atom. The van der Waals surface area contributed by atoms with Gasteiger partial charge in [0.05, 0.1) is 7.11 Å². The lowest BCUT2D eigenvalue weighted by Crippen LogP contribution is -2.44. The van der Waals surface area contributed by atoms with Crippen LogP contribution in [0.5, 0.6) is 5.75 Å². The number of benzene rings is 1. The zero-order chi connectivity index (χ0) is 12.3. The smallest absolute Gasteiger partial charge is 0.165 e. The molecule has 0 aromatic heterocycles. The number of nitrogens with one attached hydrogen (secondary N) is 1. The molecule has 1 aliphatic rings. The van der Waals surface area contributed by atoms with E-state index in [2.05, 4.69) is 17.1 Å². The number of halogens is 3. The summed E-state index contributed by atoms with van der Waals surface area (Å²) in [5.74, 6) is 0.0215. The summed E-state index contributed by atoms with van der Waals surface area (Å²) in [5.41, 5.74) is 1.10. The summed E-state index contributed by atoms with van der Waals surface area (Å²) in [6.07, 6.45) is 0. The SMILES string of the molecule is COc1cc([C@@H](C)N2CCNCC2)ccc1F.Cl.Cl. The van der Waals surface area contributed by atoms with Crippen LogP contribution in [0.2, 0.25) is 0 Å². The van der Waals surface area contributed by atoms with Crippen LogP contribution in [0, 0.1) is 5.82 Å². The van der Waals surface area contributed by atoms with E-state index in [1.807, 2.05) is 6.07 Å². The van der Waals surface area contributed by atoms with Crippen LogP contribution in [0.3, 0.4) is 0 Å². The first-order chi connectivity index (χ1) is 8.22. The average molecular weight is 311 g/mol. The maximum absolute atomic E-state index is 13.3. The van der Waals surface area contributed by atoms with Crippen LogP contribution in [0.15, 0.2) is 18.2 Å². The molecule has 1 aromatic rings. The first-order valence-corrected chi connectivity index (χ1v) is 6.00. The van der Waals surface area contributed by atoms with Gasteiger partial charge in [0.2, 0.25) is 0 Å². The molecule has 2 rings (SSSR count). The highest BCUT2D eigenvalue weighted by Gasteiger charge is 2.18. The monoisotopic (exact) mass is 310 g/mol. The Kier molecular flexibility index (Phi) is 8.34. The molecular weight excluding hydrogens is 290 g/mol. The number of ether oxygens (including phenoxy) is 1. The average Bonchev–Trinajstić information content (AvgIpc) is 2.39. The molecule has 6 heteroatoms. The van der Waals surface area contributed by atoms with Gasteiger partial charge in [-0.2, -0.15) is 0 Å². The molecule has 1 atom stereocenters. The molecule has 0 radical (unpaired) electrons. The summed E-state index contributed by atoms with van der Waals surface area (Å²) >= 11 is 0. The second-order valence-electron chi connectivity index (χ2n) is 4.36. The van der Waals surface area contributed by atoms with Crippen molar-refractivity contribution in [2.45, 2.75) is 13.0 Å². The molecule has 1 aromatic carbocycles. The molecule has 110 valence electrons. The summed E-state index contributed by atoms with van der Waals surface area (Å²) in [4.78, 5) is 2.39. The maximum Gasteiger partial charge on any atom is 0.165 e. The summed E-state index contributed by atoms with van der Waals surface area (Å²) in [6.45, 7) is 6.24. The van der Waals surface area contributed by atoms with Gasteiger partial charge in [-0.15, -0.1) is 24.8 Å². The molecule has 0 amide bonds. The Morgan fingerprint density at radius 2 is 1.89 bits per heavy atom. The van der Waals surface area contributed by atoms with Crippen molar-refractivity contribution in [3.05, 3.63) is 29.6 Å². The third-order valence-corrected chi connectivity index (χ3v) is 3.36. The minimum Gasteiger partial charge on any atom is -0.494 e. The second-order valence-corrected chi connectivity index (χ2v) is 4.36. The molecule has 3 nitrogen and oxygen atoms in total. The fourth-order valence-electron chi connectivity index (χ4n) is 2.22. The number of hydrogen-bond acceptors (Lipinski definition) is 3. The minimum atomic E-state index is -0.302. The Morgan fingerprint density at radius 1 is 1.26 bits per heavy atom. The van der Waals surface area contributed by atoms with Crippen molar-refractivity contribution >= 4 is 24.8 Å². The highest BCUT2D eigenvalue weighted by molar-refractivity contribution is 5.85. The minimum absolute atomic E-state index is 0. The quantitative estimate of drug-likeness (QED) is 0.929. The first kappa shape index (κ1) is 18.4. The predicted molar refractivity (Wildman–Crippen MR) is 80.3 cm³/mol. The Labute approximate surface area is 126 Å². The number of rotatable bonds is 3. The molecule has 0 aliphatic carbocycles. The van der Waals surface area contributed by atoms with Crippen molar-refractivity contribution in [1.82, 2.24) is 10.2 Å². The van der Waals surface area contributed by atoms with E-state index in [-0.39, 0.29) is 30.6 Å². The molecule has 19 heavy (non-hydrogen) atoms. The number of piperazine rings is 1. The molecule has 0 spiro atoms. The lowest BCUT2D eigenvalue weighted by Gasteiger charge is -2.33. The van der Waals surface area contributed by atoms with Crippen LogP contribution in [-0.4, -0.2) is 38.2 Å². The zero-order valence-corrected chi connectivity index (χ0v) is 12.8. The van der Waals surface area contributed by atoms with Crippen molar-refractivity contribution < 1.29 is 9.13 Å². The van der Waals surface area contributed by atoms with E-state index in [4.69, 9.17) is 4.74 Å². The largest absolute Gasteiger partial charge is 0.494 e. The second kappa shape index (κ2) is 8.59. The molecule has 1 N–H and O–H groups in total. The molecule has 1 heterocycles. The molecule has 1 fully saturated rings. The van der Waals surface area contributed by atoms with E-state index in [1.165, 1.54) is 13.2 Å². The zero-order valence-electron chi connectivity index (χ0n) is 11.2. The van der Waals surface area contributed by atoms with Crippen LogP contribution in [0.1, 0.15) is 18.5 Å². The lowest BCUT2D eigenvalue weighted by molar-refractivity contribution is 0.185. The van der Waals surface area contributed by atoms with Gasteiger partial charge in [-0.3, -0.25) is 4.90 Å².